The van der Waals surface area contributed by atoms with Crippen LogP contribution in [0.15, 0.2) is 133 Å². The van der Waals surface area contributed by atoms with Crippen LogP contribution in [0.1, 0.15) is 0 Å². The van der Waals surface area contributed by atoms with Gasteiger partial charge in [0, 0.05) is 36.5 Å². The van der Waals surface area contributed by atoms with E-state index in [1.807, 2.05) is 17.4 Å². The summed E-state index contributed by atoms with van der Waals surface area (Å²) >= 11 is 1.89. The van der Waals surface area contributed by atoms with Gasteiger partial charge in [-0.25, -0.2) is 4.98 Å². The lowest BCUT2D eigenvalue weighted by Crippen LogP contribution is -1.99. The Morgan fingerprint density at radius 3 is 2.17 bits per heavy atom. The van der Waals surface area contributed by atoms with Crippen molar-refractivity contribution < 1.29 is 0 Å². The Balaban J connectivity index is 1.36. The summed E-state index contributed by atoms with van der Waals surface area (Å²) in [6.07, 6.45) is 0. The standard InChI is InChI=1S/C39H22N2S/c1-2-9-23(10-3-1)31-15-8-18-36(40-31)41-32-16-7-14-27-29-22-35-30(25-12-4-5-17-34(25)42-35)21-28(29)26-13-6-11-24-19-20-33(41)39(37(24)26)38(27)32/h1-22H. The summed E-state index contributed by atoms with van der Waals surface area (Å²) in [6, 6.07) is 48.6. The number of thiophene rings is 1. The minimum Gasteiger partial charge on any atom is -0.294 e. The molecule has 0 saturated carbocycles. The van der Waals surface area contributed by atoms with Gasteiger partial charge in [-0.05, 0) is 75.5 Å². The van der Waals surface area contributed by atoms with E-state index in [1.54, 1.807) is 0 Å². The molecule has 0 spiro atoms. The lowest BCUT2D eigenvalue weighted by Gasteiger charge is -2.14. The van der Waals surface area contributed by atoms with Crippen LogP contribution in [0.5, 0.6) is 0 Å². The molecule has 3 heteroatoms. The maximum Gasteiger partial charge on any atom is 0.138 e. The highest BCUT2D eigenvalue weighted by atomic mass is 32.1. The van der Waals surface area contributed by atoms with Gasteiger partial charge in [0.25, 0.3) is 0 Å². The normalized spacial score (nSPS) is 12.3. The molecule has 0 bridgehead atoms. The van der Waals surface area contributed by atoms with Gasteiger partial charge in [-0.2, -0.15) is 0 Å². The van der Waals surface area contributed by atoms with Gasteiger partial charge in [0.05, 0.1) is 16.7 Å². The van der Waals surface area contributed by atoms with Crippen molar-refractivity contribution in [2.75, 3.05) is 0 Å². The van der Waals surface area contributed by atoms with Crippen LogP contribution in [0.4, 0.5) is 0 Å². The average molecular weight is 551 g/mol. The largest absolute Gasteiger partial charge is 0.294 e. The molecule has 3 heterocycles. The zero-order chi connectivity index (χ0) is 27.4. The van der Waals surface area contributed by atoms with Crippen molar-refractivity contribution in [3.8, 4) is 39.3 Å². The Morgan fingerprint density at radius 2 is 1.24 bits per heavy atom. The van der Waals surface area contributed by atoms with Crippen LogP contribution >= 0.6 is 11.3 Å². The molecular formula is C39H22N2S. The molecule has 42 heavy (non-hydrogen) atoms. The molecule has 3 aromatic heterocycles. The molecule has 0 aliphatic heterocycles. The minimum atomic E-state index is 0.936. The molecule has 1 aliphatic carbocycles. The highest BCUT2D eigenvalue weighted by Crippen LogP contribution is 2.51. The van der Waals surface area contributed by atoms with Gasteiger partial charge in [-0.15, -0.1) is 11.3 Å². The van der Waals surface area contributed by atoms with Gasteiger partial charge in [-0.1, -0.05) is 91.0 Å². The molecule has 1 aliphatic rings. The quantitative estimate of drug-likeness (QED) is 0.209. The summed E-state index contributed by atoms with van der Waals surface area (Å²) in [7, 11) is 0. The maximum absolute atomic E-state index is 5.21. The minimum absolute atomic E-state index is 0.936. The lowest BCUT2D eigenvalue weighted by atomic mass is 9.92. The van der Waals surface area contributed by atoms with E-state index in [4.69, 9.17) is 4.98 Å². The smallest absolute Gasteiger partial charge is 0.138 e. The molecular weight excluding hydrogens is 529 g/mol. The Morgan fingerprint density at radius 1 is 0.476 bits per heavy atom. The second-order valence-corrected chi connectivity index (χ2v) is 12.2. The highest BCUT2D eigenvalue weighted by molar-refractivity contribution is 7.25. The van der Waals surface area contributed by atoms with E-state index in [1.165, 1.54) is 75.0 Å². The van der Waals surface area contributed by atoms with Crippen LogP contribution in [0.2, 0.25) is 0 Å². The van der Waals surface area contributed by atoms with Crippen molar-refractivity contribution in [1.82, 2.24) is 9.55 Å². The molecule has 0 N–H and O–H groups in total. The molecule has 9 aromatic rings. The third-order valence-corrected chi connectivity index (χ3v) is 10.1. The maximum atomic E-state index is 5.21. The number of hydrogen-bond acceptors (Lipinski definition) is 2. The molecule has 0 saturated heterocycles. The summed E-state index contributed by atoms with van der Waals surface area (Å²) in [5, 5.41) is 7.87. The van der Waals surface area contributed by atoms with Crippen LogP contribution in [0.25, 0.3) is 92.1 Å². The zero-order valence-corrected chi connectivity index (χ0v) is 23.3. The summed E-state index contributed by atoms with van der Waals surface area (Å²) < 4.78 is 5.03. The summed E-state index contributed by atoms with van der Waals surface area (Å²) in [4.78, 5) is 5.21. The molecule has 0 amide bonds. The Kier molecular flexibility index (Phi) is 4.36. The average Bonchev–Trinajstić information content (AvgIpc) is 3.56. The first-order valence-electron chi connectivity index (χ1n) is 14.3. The van der Waals surface area contributed by atoms with E-state index in [9.17, 15) is 0 Å². The lowest BCUT2D eigenvalue weighted by molar-refractivity contribution is 1.08. The fourth-order valence-electron chi connectivity index (χ4n) is 7.16. The third kappa shape index (κ3) is 2.90. The fourth-order valence-corrected chi connectivity index (χ4v) is 8.28. The first-order chi connectivity index (χ1) is 20.8. The van der Waals surface area contributed by atoms with E-state index in [0.29, 0.717) is 0 Å². The SMILES string of the molecule is c1ccc(-c2cccc(-n3c4cccc5c4c4c6c(cccc6ccc43)-c3cc4c(cc3-5)sc3ccccc34)n2)cc1. The number of benzene rings is 6. The van der Waals surface area contributed by atoms with Gasteiger partial charge >= 0.3 is 0 Å². The van der Waals surface area contributed by atoms with Crippen molar-refractivity contribution in [3.63, 3.8) is 0 Å². The number of rotatable bonds is 2. The molecule has 0 fully saturated rings. The van der Waals surface area contributed by atoms with Crippen molar-refractivity contribution in [1.29, 1.82) is 0 Å². The topological polar surface area (TPSA) is 17.8 Å². The van der Waals surface area contributed by atoms with E-state index in [0.717, 1.165) is 17.1 Å². The van der Waals surface area contributed by atoms with Crippen LogP contribution in [-0.2, 0) is 0 Å². The molecule has 0 atom stereocenters. The summed E-state index contributed by atoms with van der Waals surface area (Å²) in [5.41, 5.74) is 9.67. The van der Waals surface area contributed by atoms with Crippen molar-refractivity contribution >= 4 is 64.1 Å². The first kappa shape index (κ1) is 22.4. The van der Waals surface area contributed by atoms with E-state index >= 15 is 0 Å². The molecule has 0 radical (unpaired) electrons. The second kappa shape index (κ2) is 8.16. The number of pyridine rings is 1. The molecule has 194 valence electrons. The third-order valence-electron chi connectivity index (χ3n) is 8.93. The van der Waals surface area contributed by atoms with Gasteiger partial charge in [0.15, 0.2) is 0 Å². The monoisotopic (exact) mass is 550 g/mol. The molecule has 0 unspecified atom stereocenters. The highest BCUT2D eigenvalue weighted by Gasteiger charge is 2.26. The van der Waals surface area contributed by atoms with Crippen LogP contribution in [0, 0.1) is 0 Å². The van der Waals surface area contributed by atoms with E-state index in [-0.39, 0.29) is 0 Å². The predicted octanol–water partition coefficient (Wildman–Crippen LogP) is 11.0. The van der Waals surface area contributed by atoms with Crippen molar-refractivity contribution in [2.24, 2.45) is 0 Å². The second-order valence-electron chi connectivity index (χ2n) is 11.1. The Bertz CT molecular complexity index is 2570. The number of nitrogens with zero attached hydrogens (tertiary/aromatic N) is 2. The van der Waals surface area contributed by atoms with Crippen molar-refractivity contribution in [2.45, 2.75) is 0 Å². The van der Waals surface area contributed by atoms with Gasteiger partial charge < -0.3 is 0 Å². The first-order valence-corrected chi connectivity index (χ1v) is 15.1. The predicted molar refractivity (Wildman–Crippen MR) is 179 cm³/mol. The molecule has 2 nitrogen and oxygen atoms in total. The summed E-state index contributed by atoms with van der Waals surface area (Å²) in [6.45, 7) is 0. The molecule has 6 aromatic carbocycles. The van der Waals surface area contributed by atoms with Gasteiger partial charge in [-0.3, -0.25) is 4.57 Å². The van der Waals surface area contributed by atoms with Crippen LogP contribution in [0.3, 0.4) is 0 Å². The van der Waals surface area contributed by atoms with Crippen LogP contribution in [-0.4, -0.2) is 9.55 Å². The van der Waals surface area contributed by atoms with E-state index < -0.39 is 0 Å². The number of fused-ring (bicyclic) bond motifs is 6. The van der Waals surface area contributed by atoms with Gasteiger partial charge in [0.2, 0.25) is 0 Å². The Hall–Kier alpha value is -5.25. The van der Waals surface area contributed by atoms with Crippen molar-refractivity contribution in [3.05, 3.63) is 133 Å². The fraction of sp³-hybridized carbons (Fsp3) is 0. The summed E-state index contributed by atoms with van der Waals surface area (Å²) in [5.74, 6) is 0.936. The number of aromatic nitrogens is 2. The zero-order valence-electron chi connectivity index (χ0n) is 22.5. The molecule has 10 rings (SSSR count). The number of hydrogen-bond donors (Lipinski definition) is 0. The van der Waals surface area contributed by atoms with Crippen LogP contribution < -0.4 is 0 Å². The Labute approximate surface area is 245 Å². The van der Waals surface area contributed by atoms with Gasteiger partial charge in [0.1, 0.15) is 5.82 Å². The van der Waals surface area contributed by atoms with E-state index in [2.05, 4.69) is 132 Å².